The maximum absolute atomic E-state index is 3.61. The van der Waals surface area contributed by atoms with Crippen LogP contribution in [-0.4, -0.2) is 6.04 Å². The molecule has 0 bridgehead atoms. The van der Waals surface area contributed by atoms with Crippen LogP contribution in [0.2, 0.25) is 0 Å². The zero-order valence-electron chi connectivity index (χ0n) is 9.68. The van der Waals surface area contributed by atoms with E-state index in [-0.39, 0.29) is 0 Å². The average Bonchev–Trinajstić information content (AvgIpc) is 2.80. The van der Waals surface area contributed by atoms with Crippen LogP contribution in [0.25, 0.3) is 0 Å². The molecule has 1 unspecified atom stereocenters. The molecule has 1 aromatic heterocycles. The normalized spacial score (nSPS) is 12.9. The molecule has 1 heterocycles. The minimum absolute atomic E-state index is 0.321. The fourth-order valence-corrected chi connectivity index (χ4v) is 2.59. The minimum atomic E-state index is 0.321. The second-order valence-electron chi connectivity index (χ2n) is 4.18. The predicted molar refractivity (Wildman–Crippen MR) is 70.9 cm³/mol. The zero-order chi connectivity index (χ0) is 11.4. The van der Waals surface area contributed by atoms with Crippen LogP contribution in [0.3, 0.4) is 0 Å². The summed E-state index contributed by atoms with van der Waals surface area (Å²) in [5.74, 6) is 0. The highest BCUT2D eigenvalue weighted by Gasteiger charge is 2.15. The summed E-state index contributed by atoms with van der Waals surface area (Å²) >= 11 is 1.81. The summed E-state index contributed by atoms with van der Waals surface area (Å²) in [7, 11) is 0. The van der Waals surface area contributed by atoms with E-state index in [1.54, 1.807) is 11.3 Å². The zero-order valence-corrected chi connectivity index (χ0v) is 10.5. The molecule has 1 N–H and O–H groups in total. The molecule has 1 aromatic carbocycles. The lowest BCUT2D eigenvalue weighted by molar-refractivity contribution is 0.534. The highest BCUT2D eigenvalue weighted by atomic mass is 32.1. The lowest BCUT2D eigenvalue weighted by Gasteiger charge is -2.20. The second kappa shape index (κ2) is 5.28. The molecule has 0 saturated carbocycles. The number of nitrogens with one attached hydrogen (secondary N) is 1. The van der Waals surface area contributed by atoms with Crippen LogP contribution in [0.5, 0.6) is 0 Å². The van der Waals surface area contributed by atoms with E-state index in [4.69, 9.17) is 0 Å². The van der Waals surface area contributed by atoms with Crippen LogP contribution < -0.4 is 5.32 Å². The van der Waals surface area contributed by atoms with Gasteiger partial charge in [-0.05, 0) is 30.9 Å². The van der Waals surface area contributed by atoms with Crippen LogP contribution in [0.4, 0.5) is 0 Å². The van der Waals surface area contributed by atoms with E-state index < -0.39 is 0 Å². The Morgan fingerprint density at radius 1 is 1.00 bits per heavy atom. The maximum Gasteiger partial charge on any atom is 0.0672 e. The third-order valence-corrected chi connectivity index (χ3v) is 3.40. The van der Waals surface area contributed by atoms with Crippen LogP contribution in [0, 0.1) is 0 Å². The van der Waals surface area contributed by atoms with Gasteiger partial charge in [-0.15, -0.1) is 11.3 Å². The van der Waals surface area contributed by atoms with E-state index in [9.17, 15) is 0 Å². The van der Waals surface area contributed by atoms with Gasteiger partial charge in [0.2, 0.25) is 0 Å². The third-order valence-electron chi connectivity index (χ3n) is 2.46. The van der Waals surface area contributed by atoms with Crippen molar-refractivity contribution in [3.8, 4) is 0 Å². The first-order valence-electron chi connectivity index (χ1n) is 5.62. The SMILES string of the molecule is CC(C)NC(c1ccccc1)c1cccs1. The Bertz CT molecular complexity index is 406. The van der Waals surface area contributed by atoms with Gasteiger partial charge in [-0.2, -0.15) is 0 Å². The van der Waals surface area contributed by atoms with Crippen LogP contribution in [0.15, 0.2) is 47.8 Å². The lowest BCUT2D eigenvalue weighted by Crippen LogP contribution is -2.28. The molecule has 0 aliphatic heterocycles. The highest BCUT2D eigenvalue weighted by molar-refractivity contribution is 7.10. The number of hydrogen-bond acceptors (Lipinski definition) is 2. The molecule has 0 fully saturated rings. The van der Waals surface area contributed by atoms with E-state index in [0.717, 1.165) is 0 Å². The monoisotopic (exact) mass is 231 g/mol. The molecule has 0 radical (unpaired) electrons. The summed E-state index contributed by atoms with van der Waals surface area (Å²) in [6.07, 6.45) is 0. The summed E-state index contributed by atoms with van der Waals surface area (Å²) in [6, 6.07) is 15.7. The van der Waals surface area contributed by atoms with Crippen molar-refractivity contribution in [1.82, 2.24) is 5.32 Å². The van der Waals surface area contributed by atoms with Gasteiger partial charge in [-0.1, -0.05) is 36.4 Å². The number of rotatable bonds is 4. The fourth-order valence-electron chi connectivity index (χ4n) is 1.78. The van der Waals surface area contributed by atoms with Crippen molar-refractivity contribution < 1.29 is 0 Å². The van der Waals surface area contributed by atoms with E-state index in [1.807, 2.05) is 0 Å². The quantitative estimate of drug-likeness (QED) is 0.843. The fraction of sp³-hybridized carbons (Fsp3) is 0.286. The topological polar surface area (TPSA) is 12.0 Å². The van der Waals surface area contributed by atoms with Crippen molar-refractivity contribution in [3.63, 3.8) is 0 Å². The lowest BCUT2D eigenvalue weighted by atomic mass is 10.0. The molecule has 0 amide bonds. The van der Waals surface area contributed by atoms with Gasteiger partial charge >= 0.3 is 0 Å². The Balaban J connectivity index is 2.29. The largest absolute Gasteiger partial charge is 0.303 e. The van der Waals surface area contributed by atoms with Crippen LogP contribution in [0.1, 0.15) is 30.3 Å². The molecule has 16 heavy (non-hydrogen) atoms. The average molecular weight is 231 g/mol. The Morgan fingerprint density at radius 2 is 1.75 bits per heavy atom. The number of hydrogen-bond donors (Lipinski definition) is 1. The molecule has 0 saturated heterocycles. The molecule has 1 nitrogen and oxygen atoms in total. The van der Waals surface area contributed by atoms with E-state index in [0.29, 0.717) is 12.1 Å². The summed E-state index contributed by atoms with van der Waals surface area (Å²) in [5, 5.41) is 5.74. The van der Waals surface area contributed by atoms with Gasteiger partial charge in [0.1, 0.15) is 0 Å². The molecule has 0 aliphatic carbocycles. The molecular weight excluding hydrogens is 214 g/mol. The van der Waals surface area contributed by atoms with Crippen molar-refractivity contribution in [2.45, 2.75) is 25.9 Å². The summed E-state index contributed by atoms with van der Waals surface area (Å²) in [4.78, 5) is 1.37. The Labute approximate surface area is 101 Å². The van der Waals surface area contributed by atoms with E-state index in [2.05, 4.69) is 67.0 Å². The maximum atomic E-state index is 3.61. The summed E-state index contributed by atoms with van der Waals surface area (Å²) in [6.45, 7) is 4.37. The van der Waals surface area contributed by atoms with Gasteiger partial charge < -0.3 is 5.32 Å². The van der Waals surface area contributed by atoms with Gasteiger partial charge in [-0.3, -0.25) is 0 Å². The van der Waals surface area contributed by atoms with Crippen molar-refractivity contribution in [2.75, 3.05) is 0 Å². The third kappa shape index (κ3) is 2.71. The minimum Gasteiger partial charge on any atom is -0.303 e. The molecular formula is C14H17NS. The molecule has 1 atom stereocenters. The molecule has 84 valence electrons. The Kier molecular flexibility index (Phi) is 3.75. The first kappa shape index (κ1) is 11.4. The Hall–Kier alpha value is -1.12. The first-order valence-corrected chi connectivity index (χ1v) is 6.49. The second-order valence-corrected chi connectivity index (χ2v) is 5.16. The molecule has 0 aliphatic rings. The first-order chi connectivity index (χ1) is 7.77. The summed E-state index contributed by atoms with van der Waals surface area (Å²) in [5.41, 5.74) is 1.33. The van der Waals surface area contributed by atoms with Gasteiger partial charge in [0, 0.05) is 10.9 Å². The van der Waals surface area contributed by atoms with Crippen molar-refractivity contribution >= 4 is 11.3 Å². The van der Waals surface area contributed by atoms with E-state index >= 15 is 0 Å². The molecule has 2 heteroatoms. The van der Waals surface area contributed by atoms with Crippen molar-refractivity contribution in [2.24, 2.45) is 0 Å². The predicted octanol–water partition coefficient (Wildman–Crippen LogP) is 3.84. The van der Waals surface area contributed by atoms with Gasteiger partial charge in [0.05, 0.1) is 6.04 Å². The Morgan fingerprint density at radius 3 is 2.31 bits per heavy atom. The molecule has 2 aromatic rings. The van der Waals surface area contributed by atoms with Crippen LogP contribution in [-0.2, 0) is 0 Å². The smallest absolute Gasteiger partial charge is 0.0672 e. The summed E-state index contributed by atoms with van der Waals surface area (Å²) < 4.78 is 0. The van der Waals surface area contributed by atoms with Crippen molar-refractivity contribution in [1.29, 1.82) is 0 Å². The number of thiophene rings is 1. The standard InChI is InChI=1S/C14H17NS/c1-11(2)15-14(13-9-6-10-16-13)12-7-4-3-5-8-12/h3-11,14-15H,1-2H3. The highest BCUT2D eigenvalue weighted by Crippen LogP contribution is 2.26. The van der Waals surface area contributed by atoms with Gasteiger partial charge in [-0.25, -0.2) is 0 Å². The van der Waals surface area contributed by atoms with Crippen LogP contribution >= 0.6 is 11.3 Å². The molecule has 0 spiro atoms. The van der Waals surface area contributed by atoms with E-state index in [1.165, 1.54) is 10.4 Å². The molecule has 2 rings (SSSR count). The van der Waals surface area contributed by atoms with Gasteiger partial charge in [0.15, 0.2) is 0 Å². The van der Waals surface area contributed by atoms with Crippen molar-refractivity contribution in [3.05, 3.63) is 58.3 Å². The van der Waals surface area contributed by atoms with Gasteiger partial charge in [0.25, 0.3) is 0 Å². The number of benzene rings is 1.